The SMILES string of the molecule is COc1ccc(-c2nc(CC(=O)N3CCCc4cc(S(C)(=O)=O)ccc43)cs2)cc1OC. The maximum absolute atomic E-state index is 13.1. The molecule has 0 atom stereocenters. The van der Waals surface area contributed by atoms with Crippen molar-refractivity contribution in [3.05, 3.63) is 53.0 Å². The Hall–Kier alpha value is -2.91. The third-order valence-corrected chi connectivity index (χ3v) is 7.46. The number of sulfone groups is 1. The molecule has 0 spiro atoms. The number of amides is 1. The molecule has 0 N–H and O–H groups in total. The van der Waals surface area contributed by atoms with E-state index in [1.165, 1.54) is 17.6 Å². The molecule has 1 amide bonds. The fraction of sp³-hybridized carbons (Fsp3) is 0.304. The van der Waals surface area contributed by atoms with Gasteiger partial charge in [0.2, 0.25) is 5.91 Å². The molecule has 1 aromatic heterocycles. The zero-order valence-corrected chi connectivity index (χ0v) is 19.8. The Kier molecular flexibility index (Phi) is 6.21. The zero-order chi connectivity index (χ0) is 22.9. The summed E-state index contributed by atoms with van der Waals surface area (Å²) in [7, 11) is -0.110. The summed E-state index contributed by atoms with van der Waals surface area (Å²) in [4.78, 5) is 19.7. The first-order chi connectivity index (χ1) is 15.3. The van der Waals surface area contributed by atoms with Crippen molar-refractivity contribution in [2.75, 3.05) is 31.9 Å². The molecular weight excluding hydrogens is 448 g/mol. The van der Waals surface area contributed by atoms with Gasteiger partial charge in [-0.15, -0.1) is 11.3 Å². The quantitative estimate of drug-likeness (QED) is 0.543. The van der Waals surface area contributed by atoms with Crippen LogP contribution in [0.2, 0.25) is 0 Å². The predicted molar refractivity (Wildman–Crippen MR) is 125 cm³/mol. The van der Waals surface area contributed by atoms with Crippen LogP contribution in [0.5, 0.6) is 11.5 Å². The van der Waals surface area contributed by atoms with Gasteiger partial charge in [-0.3, -0.25) is 4.79 Å². The molecule has 0 bridgehead atoms. The minimum atomic E-state index is -3.28. The van der Waals surface area contributed by atoms with E-state index in [9.17, 15) is 13.2 Å². The molecule has 0 fully saturated rings. The van der Waals surface area contributed by atoms with Crippen LogP contribution < -0.4 is 14.4 Å². The molecule has 9 heteroatoms. The van der Waals surface area contributed by atoms with Crippen molar-refractivity contribution in [2.24, 2.45) is 0 Å². The molecule has 2 heterocycles. The van der Waals surface area contributed by atoms with E-state index in [0.717, 1.165) is 34.7 Å². The Labute approximate surface area is 191 Å². The van der Waals surface area contributed by atoms with Crippen molar-refractivity contribution in [3.63, 3.8) is 0 Å². The van der Waals surface area contributed by atoms with Gasteiger partial charge in [0.15, 0.2) is 21.3 Å². The summed E-state index contributed by atoms with van der Waals surface area (Å²) in [6.45, 7) is 0.608. The lowest BCUT2D eigenvalue weighted by atomic mass is 10.0. The number of thiazole rings is 1. The summed E-state index contributed by atoms with van der Waals surface area (Å²) in [5, 5.41) is 2.69. The normalized spacial score (nSPS) is 13.5. The number of methoxy groups -OCH3 is 2. The van der Waals surface area contributed by atoms with Gasteiger partial charge in [0.25, 0.3) is 0 Å². The smallest absolute Gasteiger partial charge is 0.233 e. The number of aryl methyl sites for hydroxylation is 1. The third kappa shape index (κ3) is 4.49. The molecule has 7 nitrogen and oxygen atoms in total. The second kappa shape index (κ2) is 8.91. The monoisotopic (exact) mass is 472 g/mol. The van der Waals surface area contributed by atoms with Gasteiger partial charge in [0.05, 0.1) is 31.2 Å². The summed E-state index contributed by atoms with van der Waals surface area (Å²) in [5.41, 5.74) is 3.26. The van der Waals surface area contributed by atoms with Gasteiger partial charge >= 0.3 is 0 Å². The van der Waals surface area contributed by atoms with Gasteiger partial charge in [-0.2, -0.15) is 0 Å². The average Bonchev–Trinajstić information content (AvgIpc) is 3.25. The largest absolute Gasteiger partial charge is 0.493 e. The molecular formula is C23H24N2O5S2. The number of carbonyl (C=O) groups is 1. The number of anilines is 1. The summed E-state index contributed by atoms with van der Waals surface area (Å²) in [6, 6.07) is 10.6. The Morgan fingerprint density at radius 1 is 1.12 bits per heavy atom. The number of fused-ring (bicyclic) bond motifs is 1. The van der Waals surface area contributed by atoms with Crippen molar-refractivity contribution in [1.29, 1.82) is 0 Å². The number of hydrogen-bond acceptors (Lipinski definition) is 7. The van der Waals surface area contributed by atoms with E-state index in [-0.39, 0.29) is 17.2 Å². The molecule has 0 radical (unpaired) electrons. The number of rotatable bonds is 6. The fourth-order valence-electron chi connectivity index (χ4n) is 3.80. The molecule has 2 aromatic carbocycles. The van der Waals surface area contributed by atoms with Crippen LogP contribution in [0, 0.1) is 0 Å². The number of hydrogen-bond donors (Lipinski definition) is 0. The van der Waals surface area contributed by atoms with Gasteiger partial charge in [0, 0.05) is 29.4 Å². The third-order valence-electron chi connectivity index (χ3n) is 5.41. The van der Waals surface area contributed by atoms with Crippen LogP contribution in [0.1, 0.15) is 17.7 Å². The van der Waals surface area contributed by atoms with Crippen LogP contribution >= 0.6 is 11.3 Å². The molecule has 1 aliphatic heterocycles. The Morgan fingerprint density at radius 3 is 2.62 bits per heavy atom. The van der Waals surface area contributed by atoms with Crippen molar-refractivity contribution in [1.82, 2.24) is 4.98 Å². The predicted octanol–water partition coefficient (Wildman–Crippen LogP) is 3.75. The van der Waals surface area contributed by atoms with E-state index in [1.54, 1.807) is 37.3 Å². The maximum atomic E-state index is 13.1. The van der Waals surface area contributed by atoms with Crippen molar-refractivity contribution in [3.8, 4) is 22.1 Å². The lowest BCUT2D eigenvalue weighted by molar-refractivity contribution is -0.118. The lowest BCUT2D eigenvalue weighted by Gasteiger charge is -2.29. The summed E-state index contributed by atoms with van der Waals surface area (Å²) in [6.07, 6.45) is 2.91. The molecule has 168 valence electrons. The minimum absolute atomic E-state index is 0.0535. The highest BCUT2D eigenvalue weighted by Gasteiger charge is 2.24. The molecule has 0 saturated carbocycles. The van der Waals surface area contributed by atoms with Gasteiger partial charge in [-0.25, -0.2) is 13.4 Å². The number of ether oxygens (including phenoxy) is 2. The van der Waals surface area contributed by atoms with E-state index < -0.39 is 9.84 Å². The van der Waals surface area contributed by atoms with Crippen molar-refractivity contribution < 1.29 is 22.7 Å². The van der Waals surface area contributed by atoms with E-state index >= 15 is 0 Å². The first-order valence-electron chi connectivity index (χ1n) is 10.1. The molecule has 0 saturated heterocycles. The summed E-state index contributed by atoms with van der Waals surface area (Å²) >= 11 is 1.47. The molecule has 32 heavy (non-hydrogen) atoms. The number of nitrogens with zero attached hydrogens (tertiary/aromatic N) is 2. The summed E-state index contributed by atoms with van der Waals surface area (Å²) in [5.74, 6) is 1.21. The molecule has 0 aliphatic carbocycles. The van der Waals surface area contributed by atoms with Crippen LogP contribution in [-0.4, -0.2) is 46.3 Å². The highest BCUT2D eigenvalue weighted by Crippen LogP contribution is 2.34. The second-order valence-corrected chi connectivity index (χ2v) is 10.5. The Balaban J connectivity index is 1.53. The van der Waals surface area contributed by atoms with E-state index in [1.807, 2.05) is 23.6 Å². The molecule has 3 aromatic rings. The standard InChI is InChI=1S/C23H24N2O5S2/c1-29-20-9-6-16(12-21(20)30-2)23-24-17(14-31-23)13-22(26)25-10-4-5-15-11-18(32(3,27)28)7-8-19(15)25/h6-9,11-12,14H,4-5,10,13H2,1-3H3. The number of carbonyl (C=O) groups excluding carboxylic acids is 1. The van der Waals surface area contributed by atoms with Gasteiger partial charge in [-0.1, -0.05) is 0 Å². The fourth-order valence-corrected chi connectivity index (χ4v) is 5.29. The molecule has 0 unspecified atom stereocenters. The van der Waals surface area contributed by atoms with Crippen LogP contribution in [0.25, 0.3) is 10.6 Å². The Morgan fingerprint density at radius 2 is 1.91 bits per heavy atom. The highest BCUT2D eigenvalue weighted by atomic mass is 32.2. The second-order valence-electron chi connectivity index (χ2n) is 7.60. The van der Waals surface area contributed by atoms with Crippen molar-refractivity contribution >= 4 is 32.8 Å². The van der Waals surface area contributed by atoms with Crippen LogP contribution in [0.3, 0.4) is 0 Å². The highest BCUT2D eigenvalue weighted by molar-refractivity contribution is 7.90. The van der Waals surface area contributed by atoms with E-state index in [2.05, 4.69) is 4.98 Å². The van der Waals surface area contributed by atoms with Crippen LogP contribution in [-0.2, 0) is 27.5 Å². The van der Waals surface area contributed by atoms with Crippen LogP contribution in [0.4, 0.5) is 5.69 Å². The van der Waals surface area contributed by atoms with E-state index in [4.69, 9.17) is 9.47 Å². The average molecular weight is 473 g/mol. The van der Waals surface area contributed by atoms with Crippen LogP contribution in [0.15, 0.2) is 46.7 Å². The van der Waals surface area contributed by atoms with Gasteiger partial charge < -0.3 is 14.4 Å². The maximum Gasteiger partial charge on any atom is 0.233 e. The zero-order valence-electron chi connectivity index (χ0n) is 18.1. The molecule has 1 aliphatic rings. The number of aromatic nitrogens is 1. The lowest BCUT2D eigenvalue weighted by Crippen LogP contribution is -2.36. The Bertz CT molecular complexity index is 1270. The minimum Gasteiger partial charge on any atom is -0.493 e. The first-order valence-corrected chi connectivity index (χ1v) is 12.9. The molecule has 4 rings (SSSR count). The summed E-state index contributed by atoms with van der Waals surface area (Å²) < 4.78 is 34.4. The first kappa shape index (κ1) is 22.3. The van der Waals surface area contributed by atoms with Gasteiger partial charge in [0.1, 0.15) is 5.01 Å². The van der Waals surface area contributed by atoms with E-state index in [0.29, 0.717) is 23.7 Å². The topological polar surface area (TPSA) is 85.8 Å². The van der Waals surface area contributed by atoms with Gasteiger partial charge in [-0.05, 0) is 54.8 Å². The van der Waals surface area contributed by atoms with Crippen molar-refractivity contribution in [2.45, 2.75) is 24.2 Å². The number of benzene rings is 2.